The fourth-order valence-electron chi connectivity index (χ4n) is 0. The van der Waals surface area contributed by atoms with Crippen molar-refractivity contribution in [3.05, 3.63) is 0 Å². The highest BCUT2D eigenvalue weighted by Gasteiger charge is 1.82. The Balaban J connectivity index is 2.85. The van der Waals surface area contributed by atoms with Crippen molar-refractivity contribution in [1.29, 1.82) is 0 Å². The topological polar surface area (TPSA) is 17.1 Å². The summed E-state index contributed by atoms with van der Waals surface area (Å²) in [6.45, 7) is 3.70. The van der Waals surface area contributed by atoms with Crippen LogP contribution in [0.1, 0.15) is 6.92 Å². The molecule has 1 nitrogen and oxygen atoms in total. The fraction of sp³-hybridized carbons (Fsp3) is 1.00. The summed E-state index contributed by atoms with van der Waals surface area (Å²) in [5.41, 5.74) is 0. The molecule has 0 spiro atoms. The van der Waals surface area contributed by atoms with Crippen LogP contribution in [-0.2, 0) is 4.46 Å². The summed E-state index contributed by atoms with van der Waals surface area (Å²) in [5.74, 6) is 0. The van der Waals surface area contributed by atoms with Crippen molar-refractivity contribution in [2.75, 3.05) is 0 Å². The zero-order valence-corrected chi connectivity index (χ0v) is 4.62. The lowest BCUT2D eigenvalue weighted by atomic mass is 11.0. The van der Waals surface area contributed by atoms with E-state index < -0.39 is 8.68 Å². The molecule has 0 aromatic heterocycles. The van der Waals surface area contributed by atoms with Crippen LogP contribution >= 0.6 is 0 Å². The van der Waals surface area contributed by atoms with Crippen molar-refractivity contribution in [2.24, 2.45) is 0 Å². The summed E-state index contributed by atoms with van der Waals surface area (Å²) in [6.07, 6.45) is 0. The average molecular weight is 88.2 g/mol. The molecule has 0 saturated heterocycles. The molecule has 0 fully saturated rings. The Labute approximate surface area is 33.7 Å². The largest absolute Gasteiger partial charge is 0.389 e. The van der Waals surface area contributed by atoms with E-state index >= 15 is 0 Å². The summed E-state index contributed by atoms with van der Waals surface area (Å²) < 4.78 is 10.00. The average Bonchev–Trinajstić information content (AvgIpc) is 1.38. The Bertz CT molecular complexity index is 42.2. The van der Waals surface area contributed by atoms with Crippen molar-refractivity contribution >= 4 is 8.68 Å². The summed E-state index contributed by atoms with van der Waals surface area (Å²) >= 11 is 0. The molecule has 0 heterocycles. The molecule has 0 atom stereocenters. The van der Waals surface area contributed by atoms with Gasteiger partial charge in [-0.05, 0) is 12.6 Å². The van der Waals surface area contributed by atoms with Crippen molar-refractivity contribution in [3.8, 4) is 0 Å². The maximum absolute atomic E-state index is 10.00. The van der Waals surface area contributed by atoms with Gasteiger partial charge < -0.3 is 4.46 Å². The molecule has 0 aromatic rings. The molecule has 0 rings (SSSR count). The maximum atomic E-state index is 10.00. The normalized spacial score (nSPS) is 7.60. The van der Waals surface area contributed by atoms with E-state index in [2.05, 4.69) is 0 Å². The van der Waals surface area contributed by atoms with Gasteiger partial charge in [0.1, 0.15) is 0 Å². The van der Waals surface area contributed by atoms with Crippen LogP contribution in [0.15, 0.2) is 0 Å². The van der Waals surface area contributed by atoms with E-state index in [1.54, 1.807) is 6.55 Å². The van der Waals surface area contributed by atoms with Gasteiger partial charge in [0.2, 0.25) is 0 Å². The molecule has 0 aliphatic heterocycles. The van der Waals surface area contributed by atoms with E-state index in [-0.39, 0.29) is 0 Å². The van der Waals surface area contributed by atoms with Crippen molar-refractivity contribution < 1.29 is 4.46 Å². The van der Waals surface area contributed by atoms with Gasteiger partial charge in [0.25, 0.3) is 8.68 Å². The molecule has 2 heteroatoms. The van der Waals surface area contributed by atoms with Gasteiger partial charge in [0, 0.05) is 0 Å². The van der Waals surface area contributed by atoms with Gasteiger partial charge in [-0.15, -0.1) is 0 Å². The predicted molar refractivity (Wildman–Crippen MR) is 22.8 cm³/mol. The van der Waals surface area contributed by atoms with E-state index in [1.165, 1.54) is 0 Å². The molecule has 30 valence electrons. The predicted octanol–water partition coefficient (Wildman–Crippen LogP) is 1.06. The van der Waals surface area contributed by atoms with Gasteiger partial charge in [-0.25, -0.2) is 0 Å². The molecular weight excluding hydrogens is 80.1 g/mol. The van der Waals surface area contributed by atoms with Crippen LogP contribution in [0, 0.1) is 0 Å². The molecule has 0 aromatic carbocycles. The van der Waals surface area contributed by atoms with Gasteiger partial charge >= 0.3 is 0 Å². The fourth-order valence-corrected chi connectivity index (χ4v) is 0. The zero-order chi connectivity index (χ0) is 4.28. The number of rotatable bonds is 1. The van der Waals surface area contributed by atoms with E-state index in [0.29, 0.717) is 0 Å². The van der Waals surface area contributed by atoms with Gasteiger partial charge in [0.15, 0.2) is 0 Å². The third-order valence-electron chi connectivity index (χ3n) is 0.498. The highest BCUT2D eigenvalue weighted by Crippen LogP contribution is 1.72. The van der Waals surface area contributed by atoms with Gasteiger partial charge in [0.05, 0.1) is 0 Å². The molecule has 0 N–H and O–H groups in total. The monoisotopic (exact) mass is 88.0 g/mol. The Hall–Kier alpha value is 0.0169. The second-order valence-electron chi connectivity index (χ2n) is 1.06. The smallest absolute Gasteiger partial charge is 0.273 e. The van der Waals surface area contributed by atoms with Gasteiger partial charge in [-0.3, -0.25) is 0 Å². The van der Waals surface area contributed by atoms with Crippen LogP contribution in [0.5, 0.6) is 0 Å². The SMILES string of the molecule is CC[Si](C)=O. The van der Waals surface area contributed by atoms with Gasteiger partial charge in [-0.1, -0.05) is 6.92 Å². The Kier molecular flexibility index (Phi) is 2.27. The number of hydrogen-bond acceptors (Lipinski definition) is 1. The molecule has 0 radical (unpaired) electrons. The summed E-state index contributed by atoms with van der Waals surface area (Å²) in [5, 5.41) is 0. The summed E-state index contributed by atoms with van der Waals surface area (Å²) in [6, 6.07) is 0.852. The van der Waals surface area contributed by atoms with Crippen molar-refractivity contribution in [2.45, 2.75) is 19.5 Å². The minimum atomic E-state index is -1.12. The van der Waals surface area contributed by atoms with E-state index in [1.807, 2.05) is 6.92 Å². The van der Waals surface area contributed by atoms with Gasteiger partial charge in [-0.2, -0.15) is 0 Å². The summed E-state index contributed by atoms with van der Waals surface area (Å²) in [7, 11) is -1.12. The number of hydrogen-bond donors (Lipinski definition) is 0. The Morgan fingerprint density at radius 1 is 1.80 bits per heavy atom. The molecule has 0 bridgehead atoms. The molecule has 0 aliphatic carbocycles. The molecule has 0 unspecified atom stereocenters. The summed E-state index contributed by atoms with van der Waals surface area (Å²) in [4.78, 5) is 0. The zero-order valence-electron chi connectivity index (χ0n) is 3.62. The Morgan fingerprint density at radius 3 is 2.00 bits per heavy atom. The van der Waals surface area contributed by atoms with Crippen molar-refractivity contribution in [3.63, 3.8) is 0 Å². The first kappa shape index (κ1) is 5.02. The first-order valence-corrected chi connectivity index (χ1v) is 3.88. The molecule has 0 aliphatic rings. The molecule has 0 amide bonds. The first-order chi connectivity index (χ1) is 2.27. The highest BCUT2D eigenvalue weighted by atomic mass is 28.3. The van der Waals surface area contributed by atoms with Crippen LogP contribution in [-0.4, -0.2) is 8.68 Å². The Morgan fingerprint density at radius 2 is 2.00 bits per heavy atom. The second-order valence-corrected chi connectivity index (χ2v) is 3.17. The lowest BCUT2D eigenvalue weighted by Gasteiger charge is -1.68. The standard InChI is InChI=1S/C3H8OSi/c1-3-5(2)4/h3H2,1-2H3. The highest BCUT2D eigenvalue weighted by molar-refractivity contribution is 6.40. The minimum Gasteiger partial charge on any atom is -0.389 e. The van der Waals surface area contributed by atoms with Crippen LogP contribution < -0.4 is 0 Å². The van der Waals surface area contributed by atoms with Crippen LogP contribution in [0.2, 0.25) is 12.6 Å². The van der Waals surface area contributed by atoms with E-state index in [4.69, 9.17) is 0 Å². The maximum Gasteiger partial charge on any atom is 0.273 e. The molecule has 0 saturated carbocycles. The quantitative estimate of drug-likeness (QED) is 0.438. The molecule has 5 heavy (non-hydrogen) atoms. The van der Waals surface area contributed by atoms with Crippen LogP contribution in [0.3, 0.4) is 0 Å². The van der Waals surface area contributed by atoms with E-state index in [9.17, 15) is 4.46 Å². The minimum absolute atomic E-state index is 0.852. The third kappa shape index (κ3) is 4.02. The second kappa shape index (κ2) is 2.27. The van der Waals surface area contributed by atoms with Crippen LogP contribution in [0.4, 0.5) is 0 Å². The molecular formula is C3H8OSi. The lowest BCUT2D eigenvalue weighted by molar-refractivity contribution is 0.565. The third-order valence-corrected chi connectivity index (χ3v) is 1.49. The first-order valence-electron chi connectivity index (χ1n) is 1.76. The lowest BCUT2D eigenvalue weighted by Crippen LogP contribution is -1.82. The van der Waals surface area contributed by atoms with E-state index in [0.717, 1.165) is 6.04 Å². The van der Waals surface area contributed by atoms with Crippen molar-refractivity contribution in [1.82, 2.24) is 0 Å². The van der Waals surface area contributed by atoms with Crippen LogP contribution in [0.25, 0.3) is 0 Å².